The average molecular weight is 235 g/mol. The number of fused-ring (bicyclic) bond motifs is 1. The summed E-state index contributed by atoms with van der Waals surface area (Å²) in [7, 11) is 5.72. The summed E-state index contributed by atoms with van der Waals surface area (Å²) in [6.07, 6.45) is 0.773. The van der Waals surface area contributed by atoms with E-state index in [-0.39, 0.29) is 5.56 Å². The first kappa shape index (κ1) is 11.5. The standard InChI is InChI=1S/C11H11BClNO2/c1-6-8-2-3-14(12)5-7(8)4-9(13)10(6)11(15)16/h4H,2-3,5H2,1H3,(H,15,16). The van der Waals surface area contributed by atoms with E-state index in [9.17, 15) is 4.79 Å². The fourth-order valence-electron chi connectivity index (χ4n) is 2.19. The van der Waals surface area contributed by atoms with Gasteiger partial charge in [0.1, 0.15) is 0 Å². The smallest absolute Gasteiger partial charge is 0.337 e. The molecule has 2 radical (unpaired) electrons. The highest BCUT2D eigenvalue weighted by atomic mass is 35.5. The highest BCUT2D eigenvalue weighted by Gasteiger charge is 2.21. The Labute approximate surface area is 100 Å². The van der Waals surface area contributed by atoms with E-state index in [1.807, 2.05) is 0 Å². The number of carboxylic acid groups (broad SMARTS) is 1. The van der Waals surface area contributed by atoms with Crippen molar-refractivity contribution in [1.29, 1.82) is 0 Å². The molecule has 1 heterocycles. The van der Waals surface area contributed by atoms with Crippen molar-refractivity contribution in [2.75, 3.05) is 6.54 Å². The zero-order chi connectivity index (χ0) is 11.9. The van der Waals surface area contributed by atoms with Crippen LogP contribution >= 0.6 is 11.6 Å². The number of benzene rings is 1. The van der Waals surface area contributed by atoms with Crippen molar-refractivity contribution in [3.05, 3.63) is 33.3 Å². The van der Waals surface area contributed by atoms with Crippen molar-refractivity contribution in [2.24, 2.45) is 0 Å². The Morgan fingerprint density at radius 2 is 2.31 bits per heavy atom. The summed E-state index contributed by atoms with van der Waals surface area (Å²) >= 11 is 5.97. The molecule has 0 fully saturated rings. The van der Waals surface area contributed by atoms with Gasteiger partial charge in [-0.15, -0.1) is 0 Å². The number of nitrogens with zero attached hydrogens (tertiary/aromatic N) is 1. The number of hydrogen-bond donors (Lipinski definition) is 1. The molecule has 1 aliphatic heterocycles. The van der Waals surface area contributed by atoms with Crippen LogP contribution in [0.2, 0.25) is 5.02 Å². The van der Waals surface area contributed by atoms with Crippen LogP contribution in [-0.4, -0.2) is 30.4 Å². The molecule has 82 valence electrons. The first-order chi connectivity index (χ1) is 7.50. The van der Waals surface area contributed by atoms with Gasteiger partial charge in [0, 0.05) is 6.54 Å². The molecule has 3 nitrogen and oxygen atoms in total. The summed E-state index contributed by atoms with van der Waals surface area (Å²) in [5.74, 6) is -0.972. The van der Waals surface area contributed by atoms with Crippen LogP contribution in [0, 0.1) is 6.92 Å². The second kappa shape index (κ2) is 4.11. The van der Waals surface area contributed by atoms with Crippen LogP contribution in [0.4, 0.5) is 0 Å². The molecule has 0 saturated heterocycles. The largest absolute Gasteiger partial charge is 0.478 e. The Bertz CT molecular complexity index is 462. The molecule has 0 saturated carbocycles. The highest BCUT2D eigenvalue weighted by Crippen LogP contribution is 2.30. The van der Waals surface area contributed by atoms with Gasteiger partial charge in [-0.25, -0.2) is 4.79 Å². The maximum Gasteiger partial charge on any atom is 0.337 e. The minimum atomic E-state index is -0.972. The minimum Gasteiger partial charge on any atom is -0.478 e. The summed E-state index contributed by atoms with van der Waals surface area (Å²) in [6, 6.07) is 1.71. The van der Waals surface area contributed by atoms with Crippen molar-refractivity contribution < 1.29 is 9.90 Å². The van der Waals surface area contributed by atoms with Crippen LogP contribution in [-0.2, 0) is 13.0 Å². The predicted molar refractivity (Wildman–Crippen MR) is 63.0 cm³/mol. The van der Waals surface area contributed by atoms with Gasteiger partial charge >= 0.3 is 5.97 Å². The van der Waals surface area contributed by atoms with Gasteiger partial charge in [0.05, 0.1) is 10.6 Å². The molecule has 0 aliphatic carbocycles. The molecule has 0 spiro atoms. The number of halogens is 1. The van der Waals surface area contributed by atoms with Crippen molar-refractivity contribution in [1.82, 2.24) is 4.81 Å². The van der Waals surface area contributed by atoms with Crippen molar-refractivity contribution >= 4 is 25.6 Å². The van der Waals surface area contributed by atoms with Crippen LogP contribution < -0.4 is 0 Å². The predicted octanol–water partition coefficient (Wildman–Crippen LogP) is 1.79. The van der Waals surface area contributed by atoms with Crippen LogP contribution in [0.25, 0.3) is 0 Å². The van der Waals surface area contributed by atoms with Gasteiger partial charge in [-0.2, -0.15) is 0 Å². The topological polar surface area (TPSA) is 40.5 Å². The molecule has 1 aromatic carbocycles. The molecular formula is C11H11BClNO2. The third-order valence-electron chi connectivity index (χ3n) is 2.99. The first-order valence-corrected chi connectivity index (χ1v) is 5.42. The molecule has 5 heteroatoms. The summed E-state index contributed by atoms with van der Waals surface area (Å²) in [6.45, 7) is 3.17. The number of hydrogen-bond acceptors (Lipinski definition) is 2. The lowest BCUT2D eigenvalue weighted by Crippen LogP contribution is -2.29. The van der Waals surface area contributed by atoms with Gasteiger partial charge in [-0.05, 0) is 42.6 Å². The molecule has 0 amide bonds. The highest BCUT2D eigenvalue weighted by molar-refractivity contribution is 6.33. The quantitative estimate of drug-likeness (QED) is 0.755. The van der Waals surface area contributed by atoms with Crippen molar-refractivity contribution in [3.8, 4) is 0 Å². The number of rotatable bonds is 1. The maximum atomic E-state index is 11.1. The first-order valence-electron chi connectivity index (χ1n) is 5.04. The van der Waals surface area contributed by atoms with Crippen LogP contribution in [0.1, 0.15) is 27.0 Å². The fourth-order valence-corrected chi connectivity index (χ4v) is 2.54. The van der Waals surface area contributed by atoms with Crippen molar-refractivity contribution in [3.63, 3.8) is 0 Å². The van der Waals surface area contributed by atoms with Crippen LogP contribution in [0.5, 0.6) is 0 Å². The Morgan fingerprint density at radius 1 is 1.62 bits per heavy atom. The summed E-state index contributed by atoms with van der Waals surface area (Å²) in [5.41, 5.74) is 3.08. The third kappa shape index (κ3) is 1.83. The Kier molecular flexibility index (Phi) is 2.95. The lowest BCUT2D eigenvalue weighted by molar-refractivity contribution is 0.0696. The lowest BCUT2D eigenvalue weighted by atomic mass is 9.90. The van der Waals surface area contributed by atoms with E-state index >= 15 is 0 Å². The van der Waals surface area contributed by atoms with Gasteiger partial charge in [0.15, 0.2) is 7.98 Å². The summed E-state index contributed by atoms with van der Waals surface area (Å²) in [5, 5.41) is 9.37. The SMILES string of the molecule is [B]N1CCc2c(cc(Cl)c(C(=O)O)c2C)C1. The van der Waals surface area contributed by atoms with Crippen LogP contribution in [0.3, 0.4) is 0 Å². The minimum absolute atomic E-state index is 0.214. The van der Waals surface area contributed by atoms with E-state index in [1.54, 1.807) is 17.8 Å². The molecule has 16 heavy (non-hydrogen) atoms. The molecule has 1 aliphatic rings. The Morgan fingerprint density at radius 3 is 2.94 bits per heavy atom. The number of carboxylic acids is 1. The molecular weight excluding hydrogens is 224 g/mol. The zero-order valence-corrected chi connectivity index (χ0v) is 9.71. The van der Waals surface area contributed by atoms with Gasteiger partial charge < -0.3 is 9.92 Å². The second-order valence-corrected chi connectivity index (χ2v) is 4.43. The summed E-state index contributed by atoms with van der Waals surface area (Å²) in [4.78, 5) is 12.8. The maximum absolute atomic E-state index is 11.1. The molecule has 1 aromatic rings. The van der Waals surface area contributed by atoms with E-state index in [0.717, 1.165) is 29.7 Å². The molecule has 2 rings (SSSR count). The van der Waals surface area contributed by atoms with Crippen molar-refractivity contribution in [2.45, 2.75) is 19.9 Å². The molecule has 0 bridgehead atoms. The van der Waals surface area contributed by atoms with E-state index in [0.29, 0.717) is 11.6 Å². The van der Waals surface area contributed by atoms with E-state index in [4.69, 9.17) is 24.7 Å². The van der Waals surface area contributed by atoms with E-state index < -0.39 is 5.97 Å². The lowest BCUT2D eigenvalue weighted by Gasteiger charge is -2.27. The molecule has 0 atom stereocenters. The Balaban J connectivity index is 2.59. The van der Waals surface area contributed by atoms with Gasteiger partial charge in [-0.1, -0.05) is 11.6 Å². The van der Waals surface area contributed by atoms with Gasteiger partial charge in [-0.3, -0.25) is 0 Å². The molecule has 0 unspecified atom stereocenters. The van der Waals surface area contributed by atoms with E-state index in [1.165, 1.54) is 0 Å². The average Bonchev–Trinajstić information content (AvgIpc) is 2.15. The Hall–Kier alpha value is -0.995. The molecule has 0 aromatic heterocycles. The monoisotopic (exact) mass is 235 g/mol. The number of carbonyl (C=O) groups is 1. The molecule has 1 N–H and O–H groups in total. The summed E-state index contributed by atoms with van der Waals surface area (Å²) < 4.78 is 0. The normalized spacial score (nSPS) is 15.9. The van der Waals surface area contributed by atoms with Gasteiger partial charge in [0.25, 0.3) is 0 Å². The zero-order valence-electron chi connectivity index (χ0n) is 8.96. The third-order valence-corrected chi connectivity index (χ3v) is 3.29. The fraction of sp³-hybridized carbons (Fsp3) is 0.364. The van der Waals surface area contributed by atoms with Gasteiger partial charge in [0.2, 0.25) is 0 Å². The van der Waals surface area contributed by atoms with E-state index in [2.05, 4.69) is 0 Å². The second-order valence-electron chi connectivity index (χ2n) is 4.02. The number of aromatic carboxylic acids is 1. The van der Waals surface area contributed by atoms with Crippen LogP contribution in [0.15, 0.2) is 6.07 Å².